The second-order valence-corrected chi connectivity index (χ2v) is 3.99. The Kier molecular flexibility index (Phi) is 2.91. The molecular weight excluding hydrogens is 196 g/mol. The van der Waals surface area contributed by atoms with Gasteiger partial charge in [0, 0.05) is 5.69 Å². The average Bonchev–Trinajstić information content (AvgIpc) is 2.58. The third kappa shape index (κ3) is 2.06. The van der Waals surface area contributed by atoms with Gasteiger partial charge < -0.3 is 0 Å². The molecule has 0 spiro atoms. The van der Waals surface area contributed by atoms with Gasteiger partial charge in [-0.15, -0.1) is 0 Å². The van der Waals surface area contributed by atoms with E-state index in [9.17, 15) is 0 Å². The van der Waals surface area contributed by atoms with Gasteiger partial charge in [0.25, 0.3) is 0 Å². The summed E-state index contributed by atoms with van der Waals surface area (Å²) in [6.45, 7) is 8.74. The van der Waals surface area contributed by atoms with E-state index in [-0.39, 0.29) is 0 Å². The Morgan fingerprint density at radius 1 is 1.31 bits per heavy atom. The summed E-state index contributed by atoms with van der Waals surface area (Å²) >= 11 is 0. The lowest BCUT2D eigenvalue weighted by Gasteiger charge is -2.07. The molecule has 2 nitrogen and oxygen atoms in total. The molecule has 16 heavy (non-hydrogen) atoms. The highest BCUT2D eigenvalue weighted by atomic mass is 15.3. The average molecular weight is 212 g/mol. The molecule has 0 fully saturated rings. The summed E-state index contributed by atoms with van der Waals surface area (Å²) in [7, 11) is 0. The summed E-state index contributed by atoms with van der Waals surface area (Å²) in [5, 5.41) is 4.46. The van der Waals surface area contributed by atoms with Gasteiger partial charge in [-0.1, -0.05) is 36.9 Å². The van der Waals surface area contributed by atoms with Crippen molar-refractivity contribution in [1.29, 1.82) is 0 Å². The lowest BCUT2D eigenvalue weighted by atomic mass is 10.1. The summed E-state index contributed by atoms with van der Waals surface area (Å²) < 4.78 is 2.03. The van der Waals surface area contributed by atoms with Crippen LogP contribution >= 0.6 is 0 Å². The molecule has 0 aliphatic rings. The quantitative estimate of drug-likeness (QED) is 0.764. The van der Waals surface area contributed by atoms with E-state index in [0.717, 1.165) is 12.2 Å². The van der Waals surface area contributed by atoms with Crippen LogP contribution in [0.4, 0.5) is 0 Å². The van der Waals surface area contributed by atoms with Gasteiger partial charge in [0.2, 0.25) is 0 Å². The normalized spacial score (nSPS) is 10.4. The third-order valence-corrected chi connectivity index (χ3v) is 2.70. The molecule has 0 amide bonds. The van der Waals surface area contributed by atoms with Crippen LogP contribution in [0.15, 0.2) is 36.9 Å². The van der Waals surface area contributed by atoms with Crippen LogP contribution in [0.25, 0.3) is 6.08 Å². The molecule has 0 saturated carbocycles. The maximum atomic E-state index is 4.46. The van der Waals surface area contributed by atoms with E-state index in [2.05, 4.69) is 36.8 Å². The molecule has 0 bridgehead atoms. The van der Waals surface area contributed by atoms with Gasteiger partial charge in [0.15, 0.2) is 0 Å². The molecule has 0 atom stereocenters. The zero-order chi connectivity index (χ0) is 11.5. The first-order chi connectivity index (χ1) is 7.70. The molecule has 0 saturated heterocycles. The molecule has 1 aromatic heterocycles. The van der Waals surface area contributed by atoms with E-state index in [1.807, 2.05) is 29.8 Å². The van der Waals surface area contributed by atoms with Crippen molar-refractivity contribution in [3.05, 3.63) is 59.4 Å². The number of aryl methyl sites for hydroxylation is 2. The zero-order valence-corrected chi connectivity index (χ0v) is 9.77. The molecule has 0 aliphatic heterocycles. The molecule has 2 heteroatoms. The fourth-order valence-electron chi connectivity index (χ4n) is 1.87. The SMILES string of the molecule is C=Cc1ccccc1Cn1nc(C)cc1C. The lowest BCUT2D eigenvalue weighted by Crippen LogP contribution is -2.05. The summed E-state index contributed by atoms with van der Waals surface area (Å²) in [5.74, 6) is 0. The maximum absolute atomic E-state index is 4.46. The zero-order valence-electron chi connectivity index (χ0n) is 9.77. The van der Waals surface area contributed by atoms with Crippen molar-refractivity contribution in [2.24, 2.45) is 0 Å². The fourth-order valence-corrected chi connectivity index (χ4v) is 1.87. The van der Waals surface area contributed by atoms with E-state index >= 15 is 0 Å². The van der Waals surface area contributed by atoms with Gasteiger partial charge in [0.05, 0.1) is 12.2 Å². The fraction of sp³-hybridized carbons (Fsp3) is 0.214. The van der Waals surface area contributed by atoms with Crippen molar-refractivity contribution < 1.29 is 0 Å². The first kappa shape index (κ1) is 10.7. The van der Waals surface area contributed by atoms with Crippen LogP contribution < -0.4 is 0 Å². The molecular formula is C14H16N2. The summed E-state index contributed by atoms with van der Waals surface area (Å²) in [6.07, 6.45) is 1.89. The molecule has 82 valence electrons. The first-order valence-corrected chi connectivity index (χ1v) is 5.42. The lowest BCUT2D eigenvalue weighted by molar-refractivity contribution is 0.658. The smallest absolute Gasteiger partial charge is 0.0668 e. The monoisotopic (exact) mass is 212 g/mol. The standard InChI is InChI=1S/C14H16N2/c1-4-13-7-5-6-8-14(13)10-16-12(3)9-11(2)15-16/h4-9H,1,10H2,2-3H3. The number of aromatic nitrogens is 2. The largest absolute Gasteiger partial charge is 0.265 e. The predicted octanol–water partition coefficient (Wildman–Crippen LogP) is 3.19. The molecule has 0 unspecified atom stereocenters. The van der Waals surface area contributed by atoms with Gasteiger partial charge >= 0.3 is 0 Å². The van der Waals surface area contributed by atoms with Gasteiger partial charge in [-0.2, -0.15) is 5.10 Å². The second-order valence-electron chi connectivity index (χ2n) is 3.99. The molecule has 1 aromatic carbocycles. The van der Waals surface area contributed by atoms with Crippen molar-refractivity contribution in [1.82, 2.24) is 9.78 Å². The Morgan fingerprint density at radius 3 is 2.69 bits per heavy atom. The Bertz CT molecular complexity index is 509. The summed E-state index contributed by atoms with van der Waals surface area (Å²) in [6, 6.07) is 10.4. The number of benzene rings is 1. The van der Waals surface area contributed by atoms with Crippen LogP contribution in [-0.4, -0.2) is 9.78 Å². The maximum Gasteiger partial charge on any atom is 0.0668 e. The van der Waals surface area contributed by atoms with E-state index in [1.165, 1.54) is 16.8 Å². The van der Waals surface area contributed by atoms with Gasteiger partial charge in [-0.25, -0.2) is 0 Å². The molecule has 0 N–H and O–H groups in total. The number of nitrogens with zero attached hydrogens (tertiary/aromatic N) is 2. The van der Waals surface area contributed by atoms with Crippen molar-refractivity contribution in [3.8, 4) is 0 Å². The van der Waals surface area contributed by atoms with Gasteiger partial charge in [-0.3, -0.25) is 4.68 Å². The van der Waals surface area contributed by atoms with Crippen molar-refractivity contribution >= 4 is 6.08 Å². The number of hydrogen-bond acceptors (Lipinski definition) is 1. The molecule has 1 heterocycles. The van der Waals surface area contributed by atoms with Crippen molar-refractivity contribution in [2.45, 2.75) is 20.4 Å². The van der Waals surface area contributed by atoms with E-state index < -0.39 is 0 Å². The minimum absolute atomic E-state index is 0.807. The van der Waals surface area contributed by atoms with E-state index in [1.54, 1.807) is 0 Å². The van der Waals surface area contributed by atoms with Crippen LogP contribution in [0.5, 0.6) is 0 Å². The first-order valence-electron chi connectivity index (χ1n) is 5.42. The molecule has 2 rings (SSSR count). The predicted molar refractivity (Wildman–Crippen MR) is 67.3 cm³/mol. The summed E-state index contributed by atoms with van der Waals surface area (Å²) in [4.78, 5) is 0. The molecule has 0 aliphatic carbocycles. The Morgan fingerprint density at radius 2 is 2.06 bits per heavy atom. The highest BCUT2D eigenvalue weighted by molar-refractivity contribution is 5.51. The van der Waals surface area contributed by atoms with Crippen LogP contribution in [-0.2, 0) is 6.54 Å². The van der Waals surface area contributed by atoms with Gasteiger partial charge in [0.1, 0.15) is 0 Å². The topological polar surface area (TPSA) is 17.8 Å². The van der Waals surface area contributed by atoms with Crippen LogP contribution in [0, 0.1) is 13.8 Å². The van der Waals surface area contributed by atoms with Crippen LogP contribution in [0.3, 0.4) is 0 Å². The van der Waals surface area contributed by atoms with Crippen LogP contribution in [0.1, 0.15) is 22.5 Å². The summed E-state index contributed by atoms with van der Waals surface area (Å²) in [5.41, 5.74) is 4.68. The highest BCUT2D eigenvalue weighted by Crippen LogP contribution is 2.13. The molecule has 2 aromatic rings. The van der Waals surface area contributed by atoms with Crippen molar-refractivity contribution in [2.75, 3.05) is 0 Å². The van der Waals surface area contributed by atoms with E-state index in [0.29, 0.717) is 0 Å². The van der Waals surface area contributed by atoms with Crippen molar-refractivity contribution in [3.63, 3.8) is 0 Å². The Hall–Kier alpha value is -1.83. The third-order valence-electron chi connectivity index (χ3n) is 2.70. The van der Waals surface area contributed by atoms with E-state index in [4.69, 9.17) is 0 Å². The minimum Gasteiger partial charge on any atom is -0.265 e. The second kappa shape index (κ2) is 4.35. The number of hydrogen-bond donors (Lipinski definition) is 0. The van der Waals surface area contributed by atoms with Crippen LogP contribution in [0.2, 0.25) is 0 Å². The molecule has 0 radical (unpaired) electrons. The Labute approximate surface area is 96.2 Å². The minimum atomic E-state index is 0.807. The Balaban J connectivity index is 2.33. The highest BCUT2D eigenvalue weighted by Gasteiger charge is 2.03. The number of rotatable bonds is 3. The van der Waals surface area contributed by atoms with Gasteiger partial charge in [-0.05, 0) is 31.0 Å².